The van der Waals surface area contributed by atoms with Gasteiger partial charge in [0.15, 0.2) is 5.66 Å². The molecule has 0 bridgehead atoms. The summed E-state index contributed by atoms with van der Waals surface area (Å²) < 4.78 is 0. The molecule has 0 aromatic heterocycles. The summed E-state index contributed by atoms with van der Waals surface area (Å²) in [5.74, 6) is 3.74. The number of hydrogen-bond acceptors (Lipinski definition) is 4. The predicted molar refractivity (Wildman–Crippen MR) is 89.9 cm³/mol. The van der Waals surface area contributed by atoms with Crippen LogP contribution in [0.5, 0.6) is 0 Å². The van der Waals surface area contributed by atoms with Gasteiger partial charge in [-0.3, -0.25) is 9.59 Å². The minimum Gasteiger partial charge on any atom is -0.353 e. The Hall–Kier alpha value is -1.90. The van der Waals surface area contributed by atoms with E-state index in [-0.39, 0.29) is 17.9 Å². The van der Waals surface area contributed by atoms with Gasteiger partial charge in [0, 0.05) is 57.7 Å². The Balaban J connectivity index is 1.47. The highest BCUT2D eigenvalue weighted by Gasteiger charge is 2.42. The van der Waals surface area contributed by atoms with Gasteiger partial charge in [-0.05, 0) is 18.8 Å². The van der Waals surface area contributed by atoms with Gasteiger partial charge in [-0.1, -0.05) is 6.42 Å². The van der Waals surface area contributed by atoms with E-state index in [2.05, 4.69) is 21.5 Å². The van der Waals surface area contributed by atoms with Crippen LogP contribution in [0.1, 0.15) is 51.9 Å². The van der Waals surface area contributed by atoms with Crippen LogP contribution >= 0.6 is 0 Å². The first-order valence-electron chi connectivity index (χ1n) is 8.95. The predicted octanol–water partition coefficient (Wildman–Crippen LogP) is 2.11. The largest absolute Gasteiger partial charge is 0.353 e. The number of nitrogens with one attached hydrogen (secondary N) is 1. The lowest BCUT2D eigenvalue weighted by molar-refractivity contribution is -0.128. The fourth-order valence-electron chi connectivity index (χ4n) is 4.17. The second-order valence-corrected chi connectivity index (χ2v) is 7.34. The third-order valence-corrected chi connectivity index (χ3v) is 5.70. The van der Waals surface area contributed by atoms with Gasteiger partial charge in [-0.2, -0.15) is 10.2 Å². The molecule has 2 heterocycles. The molecule has 0 aromatic rings. The number of amides is 2. The zero-order chi connectivity index (χ0) is 17.2. The van der Waals surface area contributed by atoms with E-state index in [1.165, 1.54) is 0 Å². The van der Waals surface area contributed by atoms with Crippen molar-refractivity contribution in [3.8, 4) is 12.3 Å². The number of terminal acetylenes is 1. The summed E-state index contributed by atoms with van der Waals surface area (Å²) in [6.45, 7) is 3.25. The van der Waals surface area contributed by atoms with Crippen molar-refractivity contribution < 1.29 is 9.59 Å². The zero-order valence-electron chi connectivity index (χ0n) is 14.3. The van der Waals surface area contributed by atoms with E-state index < -0.39 is 5.66 Å². The first kappa shape index (κ1) is 16.9. The molecule has 2 fully saturated rings. The monoisotopic (exact) mass is 330 g/mol. The summed E-state index contributed by atoms with van der Waals surface area (Å²) in [4.78, 5) is 25.9. The quantitative estimate of drug-likeness (QED) is 0.757. The number of nitrogens with zero attached hydrogens (tertiary/aromatic N) is 3. The van der Waals surface area contributed by atoms with Crippen LogP contribution in [0.2, 0.25) is 0 Å². The van der Waals surface area contributed by atoms with Crippen LogP contribution in [0.15, 0.2) is 10.2 Å². The van der Waals surface area contributed by atoms with Crippen LogP contribution < -0.4 is 5.32 Å². The lowest BCUT2D eigenvalue weighted by Gasteiger charge is -2.33. The van der Waals surface area contributed by atoms with E-state index in [1.807, 2.05) is 4.90 Å². The van der Waals surface area contributed by atoms with Gasteiger partial charge in [0.2, 0.25) is 11.8 Å². The highest BCUT2D eigenvalue weighted by molar-refractivity contribution is 5.76. The minimum atomic E-state index is -0.391. The van der Waals surface area contributed by atoms with Crippen LogP contribution in [0.4, 0.5) is 0 Å². The summed E-state index contributed by atoms with van der Waals surface area (Å²) in [6, 6.07) is 0.190. The maximum atomic E-state index is 12.3. The Bertz CT molecular complexity index is 574. The van der Waals surface area contributed by atoms with Crippen LogP contribution in [0, 0.1) is 24.2 Å². The molecule has 6 heteroatoms. The summed E-state index contributed by atoms with van der Waals surface area (Å²) in [6.07, 6.45) is 11.0. The fourth-order valence-corrected chi connectivity index (χ4v) is 4.17. The summed E-state index contributed by atoms with van der Waals surface area (Å²) >= 11 is 0. The Kier molecular flexibility index (Phi) is 4.88. The maximum Gasteiger partial charge on any atom is 0.220 e. The van der Waals surface area contributed by atoms with Crippen molar-refractivity contribution in [3.05, 3.63) is 0 Å². The highest BCUT2D eigenvalue weighted by Crippen LogP contribution is 2.38. The van der Waals surface area contributed by atoms with E-state index in [9.17, 15) is 9.59 Å². The van der Waals surface area contributed by atoms with Crippen molar-refractivity contribution in [2.75, 3.05) is 13.1 Å². The zero-order valence-corrected chi connectivity index (χ0v) is 14.3. The van der Waals surface area contributed by atoms with Crippen molar-refractivity contribution in [3.63, 3.8) is 0 Å². The van der Waals surface area contributed by atoms with Gasteiger partial charge in [-0.25, -0.2) is 0 Å². The number of likely N-dealkylation sites (tertiary alicyclic amines) is 1. The lowest BCUT2D eigenvalue weighted by atomic mass is 9.78. The number of carbonyl (C=O) groups excluding carboxylic acids is 2. The Labute approximate surface area is 143 Å². The molecular weight excluding hydrogens is 304 g/mol. The van der Waals surface area contributed by atoms with Gasteiger partial charge in [0.1, 0.15) is 0 Å². The molecule has 1 N–H and O–H groups in total. The molecule has 0 aromatic carbocycles. The average molecular weight is 330 g/mol. The molecule has 3 rings (SSSR count). The van der Waals surface area contributed by atoms with Crippen molar-refractivity contribution in [1.82, 2.24) is 10.2 Å². The van der Waals surface area contributed by atoms with E-state index in [4.69, 9.17) is 6.42 Å². The van der Waals surface area contributed by atoms with Gasteiger partial charge < -0.3 is 10.2 Å². The molecule has 1 saturated carbocycles. The Morgan fingerprint density at radius 1 is 1.29 bits per heavy atom. The van der Waals surface area contributed by atoms with Gasteiger partial charge in [0.25, 0.3) is 0 Å². The first-order valence-corrected chi connectivity index (χ1v) is 8.95. The molecule has 3 aliphatic rings. The number of rotatable bonds is 6. The van der Waals surface area contributed by atoms with Crippen LogP contribution in [0.3, 0.4) is 0 Å². The molecule has 6 nitrogen and oxygen atoms in total. The van der Waals surface area contributed by atoms with Gasteiger partial charge >= 0.3 is 0 Å². The van der Waals surface area contributed by atoms with Crippen LogP contribution in [0.25, 0.3) is 0 Å². The van der Waals surface area contributed by atoms with Crippen molar-refractivity contribution in [2.24, 2.45) is 22.1 Å². The van der Waals surface area contributed by atoms with Crippen LogP contribution in [-0.4, -0.2) is 41.5 Å². The van der Waals surface area contributed by atoms with Gasteiger partial charge in [0.05, 0.1) is 0 Å². The maximum absolute atomic E-state index is 12.3. The molecule has 3 unspecified atom stereocenters. The normalized spacial score (nSPS) is 29.7. The molecule has 2 amide bonds. The van der Waals surface area contributed by atoms with E-state index in [0.717, 1.165) is 38.8 Å². The molecule has 3 atom stereocenters. The second kappa shape index (κ2) is 6.92. The van der Waals surface area contributed by atoms with E-state index in [0.29, 0.717) is 31.1 Å². The van der Waals surface area contributed by atoms with Crippen molar-refractivity contribution in [2.45, 2.75) is 63.6 Å². The van der Waals surface area contributed by atoms with E-state index >= 15 is 0 Å². The molecular formula is C18H26N4O2. The molecule has 0 radical (unpaired) electrons. The summed E-state index contributed by atoms with van der Waals surface area (Å²) in [5, 5.41) is 11.4. The smallest absolute Gasteiger partial charge is 0.220 e. The molecule has 2 aliphatic heterocycles. The standard InChI is InChI=1S/C18H26N4O2/c1-3-4-9-18(20-21-18)10-8-17(24)19-16-7-5-6-14-11-22(13(2)23)12-15(14)16/h1,14-16H,4-12H2,2H3,(H,19,24). The third kappa shape index (κ3) is 3.77. The van der Waals surface area contributed by atoms with Crippen molar-refractivity contribution in [1.29, 1.82) is 0 Å². The Morgan fingerprint density at radius 3 is 2.75 bits per heavy atom. The first-order chi connectivity index (χ1) is 11.5. The highest BCUT2D eigenvalue weighted by atomic mass is 16.2. The number of fused-ring (bicyclic) bond motifs is 1. The molecule has 1 saturated heterocycles. The average Bonchev–Trinajstić information content (AvgIpc) is 3.19. The van der Waals surface area contributed by atoms with Crippen LogP contribution in [-0.2, 0) is 9.59 Å². The topological polar surface area (TPSA) is 74.1 Å². The molecule has 130 valence electrons. The number of carbonyl (C=O) groups is 2. The second-order valence-electron chi connectivity index (χ2n) is 7.34. The third-order valence-electron chi connectivity index (χ3n) is 5.70. The molecule has 1 aliphatic carbocycles. The SMILES string of the molecule is C#CCCC1(CCC(=O)NC2CCCC3CN(C(C)=O)CC32)N=N1. The lowest BCUT2D eigenvalue weighted by Crippen LogP contribution is -2.45. The summed E-state index contributed by atoms with van der Waals surface area (Å²) in [5.41, 5.74) is -0.391. The molecule has 0 spiro atoms. The Morgan fingerprint density at radius 2 is 2.08 bits per heavy atom. The van der Waals surface area contributed by atoms with Crippen molar-refractivity contribution >= 4 is 11.8 Å². The molecule has 24 heavy (non-hydrogen) atoms. The number of hydrogen-bond donors (Lipinski definition) is 1. The summed E-state index contributed by atoms with van der Waals surface area (Å²) in [7, 11) is 0. The minimum absolute atomic E-state index is 0.0688. The van der Waals surface area contributed by atoms with Gasteiger partial charge in [-0.15, -0.1) is 12.3 Å². The van der Waals surface area contributed by atoms with E-state index in [1.54, 1.807) is 6.92 Å². The fraction of sp³-hybridized carbons (Fsp3) is 0.778.